The lowest BCUT2D eigenvalue weighted by Gasteiger charge is -2.43. The molecule has 4 aromatic rings. The fourth-order valence-corrected chi connectivity index (χ4v) is 9.68. The molecule has 1 N–H and O–H groups in total. The maximum atomic E-state index is 16.7. The molecule has 50 heavy (non-hydrogen) atoms. The number of methoxy groups -OCH3 is 2. The molecular formula is C38H44ClFN5O4P. The molecule has 0 saturated carbocycles. The first-order valence-electron chi connectivity index (χ1n) is 16.7. The van der Waals surface area contributed by atoms with Gasteiger partial charge in [-0.1, -0.05) is 41.9 Å². The molecule has 264 valence electrons. The van der Waals surface area contributed by atoms with Crippen LogP contribution in [0, 0.1) is 12.7 Å². The number of aromatic nitrogens is 2. The van der Waals surface area contributed by atoms with Crippen LogP contribution in [0.5, 0.6) is 11.5 Å². The molecule has 0 bridgehead atoms. The molecule has 1 aromatic heterocycles. The van der Waals surface area contributed by atoms with E-state index in [1.807, 2.05) is 68.4 Å². The van der Waals surface area contributed by atoms with Crippen LogP contribution < -0.4 is 19.8 Å². The van der Waals surface area contributed by atoms with Crippen LogP contribution in [0.25, 0.3) is 22.6 Å². The van der Waals surface area contributed by atoms with E-state index >= 15 is 4.39 Å². The van der Waals surface area contributed by atoms with Gasteiger partial charge >= 0.3 is 0 Å². The molecule has 2 saturated heterocycles. The number of benzene rings is 3. The largest absolute Gasteiger partial charge is 0.508 e. The van der Waals surface area contributed by atoms with Crippen molar-refractivity contribution in [2.24, 2.45) is 0 Å². The Bertz CT molecular complexity index is 2020. The Morgan fingerprint density at radius 2 is 1.82 bits per heavy atom. The third-order valence-electron chi connectivity index (χ3n) is 9.81. The van der Waals surface area contributed by atoms with Gasteiger partial charge in [-0.3, -0.25) is 4.90 Å². The zero-order valence-electron chi connectivity index (χ0n) is 29.4. The summed E-state index contributed by atoms with van der Waals surface area (Å²) < 4.78 is 42.6. The average Bonchev–Trinajstić information content (AvgIpc) is 3.06. The highest BCUT2D eigenvalue weighted by Crippen LogP contribution is 2.49. The number of allylic oxidation sites excluding steroid dienone is 2. The molecule has 2 aliphatic heterocycles. The van der Waals surface area contributed by atoms with E-state index in [-0.39, 0.29) is 21.9 Å². The number of fused-ring (bicyclic) bond motifs is 1. The minimum absolute atomic E-state index is 0.0322. The van der Waals surface area contributed by atoms with Crippen molar-refractivity contribution < 1.29 is 23.5 Å². The van der Waals surface area contributed by atoms with Crippen molar-refractivity contribution in [2.75, 3.05) is 71.7 Å². The van der Waals surface area contributed by atoms with Crippen molar-refractivity contribution in [3.63, 3.8) is 0 Å². The fraction of sp³-hybridized carbons (Fsp3) is 0.368. The number of ether oxygens (including phenoxy) is 2. The van der Waals surface area contributed by atoms with Gasteiger partial charge in [-0.05, 0) is 68.9 Å². The summed E-state index contributed by atoms with van der Waals surface area (Å²) in [4.78, 5) is 16.0. The first-order chi connectivity index (χ1) is 23.9. The van der Waals surface area contributed by atoms with E-state index in [0.717, 1.165) is 28.2 Å². The molecule has 6 rings (SSSR count). The van der Waals surface area contributed by atoms with Crippen LogP contribution in [-0.4, -0.2) is 97.7 Å². The molecule has 0 amide bonds. The minimum atomic E-state index is -3.09. The van der Waals surface area contributed by atoms with Crippen LogP contribution in [0.1, 0.15) is 29.2 Å². The smallest absolute Gasteiger partial charge is 0.226 e. The Kier molecular flexibility index (Phi) is 10.6. The van der Waals surface area contributed by atoms with E-state index in [1.54, 1.807) is 33.3 Å². The molecule has 0 radical (unpaired) electrons. The topological polar surface area (TPSA) is 91.3 Å². The number of hydrogen-bond donors (Lipinski definition) is 1. The number of anilines is 1. The Hall–Kier alpha value is -3.95. The van der Waals surface area contributed by atoms with Gasteiger partial charge in [0.05, 0.1) is 19.2 Å². The van der Waals surface area contributed by atoms with Crippen LogP contribution in [0.3, 0.4) is 0 Å². The molecule has 9 nitrogen and oxygen atoms in total. The van der Waals surface area contributed by atoms with Crippen molar-refractivity contribution >= 4 is 52.7 Å². The van der Waals surface area contributed by atoms with Crippen molar-refractivity contribution in [3.8, 4) is 11.5 Å². The Morgan fingerprint density at radius 1 is 1.10 bits per heavy atom. The van der Waals surface area contributed by atoms with Gasteiger partial charge in [0.1, 0.15) is 35.4 Å². The third kappa shape index (κ3) is 7.26. The second kappa shape index (κ2) is 14.7. The molecule has 2 fully saturated rings. The Balaban J connectivity index is 1.36. The predicted molar refractivity (Wildman–Crippen MR) is 201 cm³/mol. The minimum Gasteiger partial charge on any atom is -0.508 e. The first kappa shape index (κ1) is 35.9. The van der Waals surface area contributed by atoms with Crippen molar-refractivity contribution in [1.82, 2.24) is 19.8 Å². The molecule has 0 unspecified atom stereocenters. The number of nitrogens with zero attached hydrogens (tertiary/aromatic N) is 5. The fourth-order valence-electron chi connectivity index (χ4n) is 6.59. The summed E-state index contributed by atoms with van der Waals surface area (Å²) in [6.07, 6.45) is 3.90. The number of rotatable bonds is 10. The number of aryl methyl sites for hydroxylation is 1. The second-order valence-corrected chi connectivity index (χ2v) is 16.9. The quantitative estimate of drug-likeness (QED) is 0.106. The summed E-state index contributed by atoms with van der Waals surface area (Å²) in [6, 6.07) is 15.4. The van der Waals surface area contributed by atoms with Gasteiger partial charge in [0.15, 0.2) is 5.82 Å². The van der Waals surface area contributed by atoms with Gasteiger partial charge in [0, 0.05) is 73.7 Å². The lowest BCUT2D eigenvalue weighted by molar-refractivity contribution is 0.245. The molecule has 3 heterocycles. The third-order valence-corrected chi connectivity index (χ3v) is 13.1. The SMILES string of the molecule is COc1ccc(CN2CCP(=O)(c3nc(N4CC(N(C)C)C4)nc4c(F)c(/C(C)=C/C(O)=C\c5ccccc5C)c(Cl)cc34)CC2)c(OC)c1. The molecule has 3 aromatic carbocycles. The molecule has 0 aliphatic carbocycles. The normalized spacial score (nSPS) is 17.3. The molecular weight excluding hydrogens is 676 g/mol. The zero-order chi connectivity index (χ0) is 35.7. The highest BCUT2D eigenvalue weighted by Gasteiger charge is 2.37. The van der Waals surface area contributed by atoms with Gasteiger partial charge in [0.25, 0.3) is 0 Å². The summed E-state index contributed by atoms with van der Waals surface area (Å²) in [5.41, 5.74) is 3.89. The number of halogens is 2. The number of hydrogen-bond acceptors (Lipinski definition) is 9. The van der Waals surface area contributed by atoms with E-state index in [0.29, 0.717) is 73.4 Å². The van der Waals surface area contributed by atoms with Crippen molar-refractivity contribution in [1.29, 1.82) is 0 Å². The van der Waals surface area contributed by atoms with Gasteiger partial charge in [-0.15, -0.1) is 0 Å². The summed E-state index contributed by atoms with van der Waals surface area (Å²) in [6.45, 7) is 6.79. The zero-order valence-corrected chi connectivity index (χ0v) is 31.1. The van der Waals surface area contributed by atoms with Gasteiger partial charge in [-0.25, -0.2) is 14.4 Å². The maximum absolute atomic E-state index is 16.7. The van der Waals surface area contributed by atoms with Crippen molar-refractivity contribution in [3.05, 3.63) is 93.5 Å². The summed E-state index contributed by atoms with van der Waals surface area (Å²) in [5, 5.41) is 11.3. The highest BCUT2D eigenvalue weighted by molar-refractivity contribution is 7.72. The van der Waals surface area contributed by atoms with E-state index in [4.69, 9.17) is 31.0 Å². The van der Waals surface area contributed by atoms with Crippen molar-refractivity contribution in [2.45, 2.75) is 26.4 Å². The highest BCUT2D eigenvalue weighted by atomic mass is 35.5. The second-order valence-electron chi connectivity index (χ2n) is 13.4. The number of aliphatic hydroxyl groups excluding tert-OH is 1. The van der Waals surface area contributed by atoms with Crippen LogP contribution in [0.4, 0.5) is 10.3 Å². The predicted octanol–water partition coefficient (Wildman–Crippen LogP) is 7.00. The van der Waals surface area contributed by atoms with Crippen LogP contribution in [0.15, 0.2) is 60.4 Å². The lowest BCUT2D eigenvalue weighted by Crippen LogP contribution is -2.58. The van der Waals surface area contributed by atoms with Gasteiger partial charge < -0.3 is 28.9 Å². The summed E-state index contributed by atoms with van der Waals surface area (Å²) in [5.74, 6) is 1.16. The lowest BCUT2D eigenvalue weighted by atomic mass is 10.0. The monoisotopic (exact) mass is 719 g/mol. The Labute approximate surface area is 298 Å². The van der Waals surface area contributed by atoms with E-state index < -0.39 is 13.0 Å². The molecule has 2 aliphatic rings. The number of likely N-dealkylation sites (N-methyl/N-ethyl adjacent to an activating group) is 1. The van der Waals surface area contributed by atoms with Gasteiger partial charge in [0.2, 0.25) is 5.95 Å². The van der Waals surface area contributed by atoms with E-state index in [1.165, 1.54) is 6.08 Å². The van der Waals surface area contributed by atoms with E-state index in [2.05, 4.69) is 9.80 Å². The van der Waals surface area contributed by atoms with Gasteiger partial charge in [-0.2, -0.15) is 0 Å². The maximum Gasteiger partial charge on any atom is 0.226 e. The van der Waals surface area contributed by atoms with Crippen LogP contribution in [0.2, 0.25) is 5.02 Å². The molecule has 12 heteroatoms. The number of aliphatic hydroxyl groups is 1. The molecule has 0 atom stereocenters. The van der Waals surface area contributed by atoms with E-state index in [9.17, 15) is 9.67 Å². The standard InChI is InChI=1S/C38H44ClFN5O4P/c1-24-9-7-8-10-26(24)18-29(46)17-25(2)34-32(39)20-31-36(35(34)40)41-38(45-22-28(23-45)43(3)4)42-37(31)50(47)15-13-44(14-16-50)21-27-11-12-30(48-5)19-33(27)49-6/h7-12,17-20,28,46H,13-16,21-23H2,1-6H3/b25-17+,29-18+. The average molecular weight is 720 g/mol. The van der Waals surface area contributed by atoms with Crippen LogP contribution in [-0.2, 0) is 11.1 Å². The first-order valence-corrected chi connectivity index (χ1v) is 19.1. The summed E-state index contributed by atoms with van der Waals surface area (Å²) >= 11 is 6.81. The Morgan fingerprint density at radius 3 is 2.48 bits per heavy atom. The van der Waals surface area contributed by atoms with Crippen LogP contribution >= 0.6 is 18.7 Å². The summed E-state index contributed by atoms with van der Waals surface area (Å²) in [7, 11) is 4.21. The molecule has 0 spiro atoms.